The van der Waals surface area contributed by atoms with Gasteiger partial charge in [0.05, 0.1) is 19.2 Å². The van der Waals surface area contributed by atoms with Gasteiger partial charge in [-0.1, -0.05) is 5.16 Å². The largest absolute Gasteiger partial charge is 0.496 e. The van der Waals surface area contributed by atoms with E-state index in [0.717, 1.165) is 24.8 Å². The van der Waals surface area contributed by atoms with Gasteiger partial charge in [-0.15, -0.1) is 0 Å². The van der Waals surface area contributed by atoms with Crippen LogP contribution in [0.25, 0.3) is 11.3 Å². The van der Waals surface area contributed by atoms with Crippen LogP contribution in [0.2, 0.25) is 0 Å². The van der Waals surface area contributed by atoms with Crippen molar-refractivity contribution in [2.75, 3.05) is 14.2 Å². The van der Waals surface area contributed by atoms with Crippen molar-refractivity contribution in [3.63, 3.8) is 0 Å². The molecule has 3 aromatic rings. The van der Waals surface area contributed by atoms with E-state index in [-0.39, 0.29) is 5.91 Å². The molecule has 0 saturated heterocycles. The summed E-state index contributed by atoms with van der Waals surface area (Å²) in [4.78, 5) is 18.7. The van der Waals surface area contributed by atoms with E-state index < -0.39 is 0 Å². The first kappa shape index (κ1) is 17.3. The van der Waals surface area contributed by atoms with E-state index in [1.54, 1.807) is 31.5 Å². The second-order valence-corrected chi connectivity index (χ2v) is 6.76. The lowest BCUT2D eigenvalue weighted by molar-refractivity contribution is 0.0769. The summed E-state index contributed by atoms with van der Waals surface area (Å²) < 4.78 is 10.9. The molecule has 0 fully saturated rings. The molecule has 0 saturated carbocycles. The van der Waals surface area contributed by atoms with Gasteiger partial charge in [0, 0.05) is 31.1 Å². The zero-order chi connectivity index (χ0) is 18.8. The summed E-state index contributed by atoms with van der Waals surface area (Å²) >= 11 is 0. The summed E-state index contributed by atoms with van der Waals surface area (Å²) in [5, 5.41) is 4.07. The Labute approximate surface area is 157 Å². The van der Waals surface area contributed by atoms with Crippen LogP contribution >= 0.6 is 0 Å². The molecule has 0 radical (unpaired) electrons. The molecular weight excluding hydrogens is 342 g/mol. The molecule has 2 aromatic heterocycles. The van der Waals surface area contributed by atoms with Gasteiger partial charge >= 0.3 is 0 Å². The number of hydrogen-bond acceptors (Lipinski definition) is 5. The number of carbonyl (C=O) groups excluding carboxylic acids is 1. The van der Waals surface area contributed by atoms with Crippen LogP contribution in [0.15, 0.2) is 47.2 Å². The lowest BCUT2D eigenvalue weighted by atomic mass is 10.0. The van der Waals surface area contributed by atoms with Gasteiger partial charge in [0.2, 0.25) is 0 Å². The smallest absolute Gasteiger partial charge is 0.257 e. The predicted molar refractivity (Wildman–Crippen MR) is 101 cm³/mol. The van der Waals surface area contributed by atoms with Gasteiger partial charge in [-0.2, -0.15) is 0 Å². The van der Waals surface area contributed by atoms with Gasteiger partial charge in [0.1, 0.15) is 11.4 Å². The quantitative estimate of drug-likeness (QED) is 0.694. The van der Waals surface area contributed by atoms with Gasteiger partial charge in [0.15, 0.2) is 5.76 Å². The first-order valence-corrected chi connectivity index (χ1v) is 8.97. The first-order valence-electron chi connectivity index (χ1n) is 8.97. The number of methoxy groups -OCH3 is 1. The number of amides is 1. The minimum Gasteiger partial charge on any atom is -0.496 e. The topological polar surface area (TPSA) is 68.5 Å². The Morgan fingerprint density at radius 1 is 1.26 bits per heavy atom. The average Bonchev–Trinajstić information content (AvgIpc) is 3.35. The number of fused-ring (bicyclic) bond motifs is 1. The lowest BCUT2D eigenvalue weighted by Gasteiger charge is -2.18. The Kier molecular flexibility index (Phi) is 4.62. The van der Waals surface area contributed by atoms with Gasteiger partial charge in [-0.25, -0.2) is 0 Å². The van der Waals surface area contributed by atoms with E-state index in [1.165, 1.54) is 11.1 Å². The fourth-order valence-corrected chi connectivity index (χ4v) is 3.49. The Morgan fingerprint density at radius 2 is 2.07 bits per heavy atom. The van der Waals surface area contributed by atoms with E-state index in [2.05, 4.69) is 10.1 Å². The molecule has 4 rings (SSSR count). The molecule has 1 aliphatic carbocycles. The number of hydrogen-bond donors (Lipinski definition) is 0. The van der Waals surface area contributed by atoms with Crippen LogP contribution in [-0.2, 0) is 19.4 Å². The third-order valence-corrected chi connectivity index (χ3v) is 4.90. The summed E-state index contributed by atoms with van der Waals surface area (Å²) in [5.74, 6) is 1.15. The standard InChI is InChI=1S/C21H21N3O3/c1-24(13-17-11-19(23-27-17)16-7-4-8-22-12-16)21(25)18-9-14-5-3-6-15(14)10-20(18)26-2/h4,7-12H,3,5-6,13H2,1-2H3. The minimum atomic E-state index is -0.0964. The molecule has 0 N–H and O–H groups in total. The molecule has 0 bridgehead atoms. The third kappa shape index (κ3) is 3.43. The zero-order valence-electron chi connectivity index (χ0n) is 15.4. The predicted octanol–water partition coefficient (Wildman–Crippen LogP) is 3.51. The van der Waals surface area contributed by atoms with Crippen LogP contribution in [0.1, 0.15) is 33.7 Å². The first-order chi connectivity index (χ1) is 13.2. The lowest BCUT2D eigenvalue weighted by Crippen LogP contribution is -2.26. The van der Waals surface area contributed by atoms with E-state index in [0.29, 0.717) is 29.3 Å². The Morgan fingerprint density at radius 3 is 2.81 bits per heavy atom. The van der Waals surface area contributed by atoms with Crippen LogP contribution < -0.4 is 4.74 Å². The molecule has 27 heavy (non-hydrogen) atoms. The molecule has 2 heterocycles. The summed E-state index contributed by atoms with van der Waals surface area (Å²) in [5.41, 5.74) is 4.69. The molecule has 1 aromatic carbocycles. The summed E-state index contributed by atoms with van der Waals surface area (Å²) in [7, 11) is 3.35. The highest BCUT2D eigenvalue weighted by atomic mass is 16.5. The SMILES string of the molecule is COc1cc2c(cc1C(=O)N(C)Cc1cc(-c3cccnc3)no1)CCC2. The number of aryl methyl sites for hydroxylation is 2. The van der Waals surface area contributed by atoms with Crippen LogP contribution in [0, 0.1) is 0 Å². The van der Waals surface area contributed by atoms with Crippen LogP contribution in [0.3, 0.4) is 0 Å². The van der Waals surface area contributed by atoms with E-state index in [1.807, 2.05) is 30.3 Å². The monoisotopic (exact) mass is 363 g/mol. The number of nitrogens with zero attached hydrogens (tertiary/aromatic N) is 3. The molecule has 6 nitrogen and oxygen atoms in total. The van der Waals surface area contributed by atoms with Crippen molar-refractivity contribution < 1.29 is 14.1 Å². The zero-order valence-corrected chi connectivity index (χ0v) is 15.4. The fraction of sp³-hybridized carbons (Fsp3) is 0.286. The molecule has 0 spiro atoms. The van der Waals surface area contributed by atoms with E-state index in [9.17, 15) is 4.79 Å². The van der Waals surface area contributed by atoms with Crippen molar-refractivity contribution in [3.8, 4) is 17.0 Å². The molecule has 1 amide bonds. The van der Waals surface area contributed by atoms with Crippen LogP contribution in [0.4, 0.5) is 0 Å². The number of benzene rings is 1. The normalized spacial score (nSPS) is 12.7. The maximum absolute atomic E-state index is 13.0. The molecule has 0 unspecified atom stereocenters. The van der Waals surface area contributed by atoms with Crippen molar-refractivity contribution in [2.24, 2.45) is 0 Å². The maximum Gasteiger partial charge on any atom is 0.257 e. The fourth-order valence-electron chi connectivity index (χ4n) is 3.49. The summed E-state index contributed by atoms with van der Waals surface area (Å²) in [6.45, 7) is 0.326. The Hall–Kier alpha value is -3.15. The van der Waals surface area contributed by atoms with Crippen LogP contribution in [-0.4, -0.2) is 35.1 Å². The molecular formula is C21H21N3O3. The van der Waals surface area contributed by atoms with E-state index in [4.69, 9.17) is 9.26 Å². The Balaban J connectivity index is 1.53. The second kappa shape index (κ2) is 7.23. The number of ether oxygens (including phenoxy) is 1. The highest BCUT2D eigenvalue weighted by Gasteiger charge is 2.22. The van der Waals surface area contributed by atoms with Gasteiger partial charge in [-0.3, -0.25) is 9.78 Å². The van der Waals surface area contributed by atoms with Crippen molar-refractivity contribution in [1.29, 1.82) is 0 Å². The summed E-state index contributed by atoms with van der Waals surface area (Å²) in [6, 6.07) is 9.57. The highest BCUT2D eigenvalue weighted by molar-refractivity contribution is 5.97. The number of carbonyl (C=O) groups is 1. The maximum atomic E-state index is 13.0. The number of rotatable bonds is 5. The van der Waals surface area contributed by atoms with Gasteiger partial charge < -0.3 is 14.2 Å². The number of aromatic nitrogens is 2. The van der Waals surface area contributed by atoms with Gasteiger partial charge in [-0.05, 0) is 54.7 Å². The van der Waals surface area contributed by atoms with Crippen LogP contribution in [0.5, 0.6) is 5.75 Å². The van der Waals surface area contributed by atoms with Crippen molar-refractivity contribution in [3.05, 3.63) is 65.2 Å². The molecule has 0 aliphatic heterocycles. The van der Waals surface area contributed by atoms with Crippen molar-refractivity contribution in [2.45, 2.75) is 25.8 Å². The third-order valence-electron chi connectivity index (χ3n) is 4.90. The second-order valence-electron chi connectivity index (χ2n) is 6.76. The minimum absolute atomic E-state index is 0.0964. The average molecular weight is 363 g/mol. The molecule has 138 valence electrons. The van der Waals surface area contributed by atoms with Crippen molar-refractivity contribution >= 4 is 5.91 Å². The number of pyridine rings is 1. The van der Waals surface area contributed by atoms with E-state index >= 15 is 0 Å². The molecule has 1 aliphatic rings. The highest BCUT2D eigenvalue weighted by Crippen LogP contribution is 2.31. The molecule has 6 heteroatoms. The summed E-state index contributed by atoms with van der Waals surface area (Å²) in [6.07, 6.45) is 6.62. The molecule has 0 atom stereocenters. The van der Waals surface area contributed by atoms with Crippen molar-refractivity contribution in [1.82, 2.24) is 15.0 Å². The van der Waals surface area contributed by atoms with Gasteiger partial charge in [0.25, 0.3) is 5.91 Å². The Bertz CT molecular complexity index is 966.